The van der Waals surface area contributed by atoms with Crippen LogP contribution in [0.25, 0.3) is 0 Å². The fourth-order valence-electron chi connectivity index (χ4n) is 2.27. The molecule has 26 heavy (non-hydrogen) atoms. The molecule has 5 heteroatoms. The van der Waals surface area contributed by atoms with Crippen LogP contribution in [0.15, 0.2) is 84.9 Å². The van der Waals surface area contributed by atoms with Gasteiger partial charge in [0.05, 0.1) is 20.3 Å². The van der Waals surface area contributed by atoms with Crippen molar-refractivity contribution in [2.24, 2.45) is 0 Å². The first-order valence-electron chi connectivity index (χ1n) is 8.30. The largest absolute Gasteiger partial charge is 0.493 e. The van der Waals surface area contributed by atoms with Gasteiger partial charge in [0.1, 0.15) is 0 Å². The second kappa shape index (κ2) is 9.93. The van der Waals surface area contributed by atoms with Gasteiger partial charge in [-0.2, -0.15) is 0 Å². The molecule has 0 aliphatic carbocycles. The number of methoxy groups -OCH3 is 1. The van der Waals surface area contributed by atoms with E-state index < -0.39 is 8.60 Å². The third kappa shape index (κ3) is 5.57. The number of para-hydroxylation sites is 2. The minimum Gasteiger partial charge on any atom is -0.493 e. The lowest BCUT2D eigenvalue weighted by atomic mass is 10.2. The predicted octanol–water partition coefficient (Wildman–Crippen LogP) is 5.73. The summed E-state index contributed by atoms with van der Waals surface area (Å²) in [7, 11) is 0.0250. The maximum absolute atomic E-state index is 5.98. The molecular weight excluding hydrogens is 347 g/mol. The van der Waals surface area contributed by atoms with Gasteiger partial charge in [-0.15, -0.1) is 0 Å². The first-order valence-corrected chi connectivity index (χ1v) is 9.39. The van der Waals surface area contributed by atoms with Gasteiger partial charge >= 0.3 is 8.60 Å². The Morgan fingerprint density at radius 1 is 0.615 bits per heavy atom. The summed E-state index contributed by atoms with van der Waals surface area (Å²) in [5.41, 5.74) is 2.12. The van der Waals surface area contributed by atoms with Crippen LogP contribution in [-0.4, -0.2) is 7.11 Å². The Balaban J connectivity index is 1.67. The van der Waals surface area contributed by atoms with Gasteiger partial charge in [0.25, 0.3) is 0 Å². The van der Waals surface area contributed by atoms with Crippen molar-refractivity contribution >= 4 is 8.60 Å². The molecule has 0 aromatic heterocycles. The Morgan fingerprint density at radius 3 is 1.58 bits per heavy atom. The van der Waals surface area contributed by atoms with E-state index in [-0.39, 0.29) is 0 Å². The summed E-state index contributed by atoms with van der Waals surface area (Å²) >= 11 is 0. The lowest BCUT2D eigenvalue weighted by molar-refractivity contribution is 0.190. The molecule has 0 aliphatic heterocycles. The normalized spacial score (nSPS) is 10.7. The third-order valence-corrected chi connectivity index (χ3v) is 4.63. The SMILES string of the molecule is COc1ccccc1OP(OCc1ccccc1)OCc1ccccc1. The van der Waals surface area contributed by atoms with Crippen LogP contribution >= 0.6 is 8.60 Å². The summed E-state index contributed by atoms with van der Waals surface area (Å²) < 4.78 is 23.2. The molecule has 0 amide bonds. The van der Waals surface area contributed by atoms with Crippen LogP contribution in [0, 0.1) is 0 Å². The Hall–Kier alpha value is -2.39. The Kier molecular flexibility index (Phi) is 7.03. The first-order chi connectivity index (χ1) is 12.8. The highest BCUT2D eigenvalue weighted by Crippen LogP contribution is 2.45. The van der Waals surface area contributed by atoms with E-state index in [1.165, 1.54) is 0 Å². The van der Waals surface area contributed by atoms with Crippen molar-refractivity contribution < 1.29 is 18.3 Å². The zero-order valence-electron chi connectivity index (χ0n) is 14.6. The van der Waals surface area contributed by atoms with E-state index >= 15 is 0 Å². The molecule has 0 unspecified atom stereocenters. The van der Waals surface area contributed by atoms with Crippen LogP contribution in [0.2, 0.25) is 0 Å². The molecular formula is C21H21O4P. The lowest BCUT2D eigenvalue weighted by Gasteiger charge is -2.18. The summed E-state index contributed by atoms with van der Waals surface area (Å²) in [5, 5.41) is 0. The zero-order valence-corrected chi connectivity index (χ0v) is 15.5. The van der Waals surface area contributed by atoms with E-state index in [4.69, 9.17) is 18.3 Å². The van der Waals surface area contributed by atoms with Gasteiger partial charge in [-0.05, 0) is 23.3 Å². The molecule has 3 aromatic carbocycles. The Bertz CT molecular complexity index is 737. The van der Waals surface area contributed by atoms with Crippen LogP contribution in [0.1, 0.15) is 11.1 Å². The molecule has 0 saturated carbocycles. The summed E-state index contributed by atoms with van der Waals surface area (Å²) in [6.07, 6.45) is 0. The first kappa shape index (κ1) is 18.4. The average molecular weight is 368 g/mol. The van der Waals surface area contributed by atoms with Gasteiger partial charge in [-0.1, -0.05) is 72.8 Å². The highest BCUT2D eigenvalue weighted by Gasteiger charge is 2.18. The van der Waals surface area contributed by atoms with Crippen LogP contribution < -0.4 is 9.26 Å². The molecule has 4 nitrogen and oxygen atoms in total. The van der Waals surface area contributed by atoms with Crippen LogP contribution in [0.3, 0.4) is 0 Å². The van der Waals surface area contributed by atoms with Gasteiger partial charge < -0.3 is 9.26 Å². The maximum Gasteiger partial charge on any atom is 0.398 e. The molecule has 3 rings (SSSR count). The Labute approximate surface area is 155 Å². The molecule has 0 atom stereocenters. The van der Waals surface area contributed by atoms with Gasteiger partial charge in [0.15, 0.2) is 11.5 Å². The molecule has 0 spiro atoms. The molecule has 0 bridgehead atoms. The summed E-state index contributed by atoms with van der Waals surface area (Å²) in [5.74, 6) is 1.24. The average Bonchev–Trinajstić information content (AvgIpc) is 2.72. The molecule has 3 aromatic rings. The summed E-state index contributed by atoms with van der Waals surface area (Å²) in [6.45, 7) is 0.826. The van der Waals surface area contributed by atoms with Crippen molar-refractivity contribution in [1.29, 1.82) is 0 Å². The summed E-state index contributed by atoms with van der Waals surface area (Å²) in [6, 6.07) is 27.4. The van der Waals surface area contributed by atoms with Crippen molar-refractivity contribution in [3.8, 4) is 11.5 Å². The lowest BCUT2D eigenvalue weighted by Crippen LogP contribution is -2.00. The minimum atomic E-state index is -1.59. The fourth-order valence-corrected chi connectivity index (χ4v) is 3.27. The number of rotatable bonds is 9. The molecule has 0 fully saturated rings. The van der Waals surface area contributed by atoms with E-state index in [2.05, 4.69) is 0 Å². The quantitative estimate of drug-likeness (QED) is 0.452. The van der Waals surface area contributed by atoms with Crippen molar-refractivity contribution in [1.82, 2.24) is 0 Å². The Morgan fingerprint density at radius 2 is 1.08 bits per heavy atom. The highest BCUT2D eigenvalue weighted by atomic mass is 31.2. The van der Waals surface area contributed by atoms with Crippen molar-refractivity contribution in [3.63, 3.8) is 0 Å². The standard InChI is InChI=1S/C21H21O4P/c1-22-20-14-8-9-15-21(20)25-26(23-16-18-10-4-2-5-11-18)24-17-19-12-6-3-7-13-19/h2-15H,16-17H2,1H3. The van der Waals surface area contributed by atoms with Crippen LogP contribution in [0.5, 0.6) is 11.5 Å². The van der Waals surface area contributed by atoms with E-state index in [1.54, 1.807) is 7.11 Å². The highest BCUT2D eigenvalue weighted by molar-refractivity contribution is 7.42. The fraction of sp³-hybridized carbons (Fsp3) is 0.143. The molecule has 0 saturated heterocycles. The van der Waals surface area contributed by atoms with Crippen LogP contribution in [0.4, 0.5) is 0 Å². The number of benzene rings is 3. The van der Waals surface area contributed by atoms with E-state index in [1.807, 2.05) is 84.9 Å². The van der Waals surface area contributed by atoms with E-state index in [0.29, 0.717) is 24.7 Å². The monoisotopic (exact) mass is 368 g/mol. The zero-order chi connectivity index (χ0) is 18.0. The van der Waals surface area contributed by atoms with Gasteiger partial charge in [0, 0.05) is 0 Å². The van der Waals surface area contributed by atoms with Gasteiger partial charge in [-0.25, -0.2) is 0 Å². The van der Waals surface area contributed by atoms with E-state index in [9.17, 15) is 0 Å². The molecule has 0 heterocycles. The third-order valence-electron chi connectivity index (χ3n) is 3.60. The van der Waals surface area contributed by atoms with Crippen LogP contribution in [-0.2, 0) is 22.3 Å². The molecule has 0 aliphatic rings. The number of hydrogen-bond donors (Lipinski definition) is 0. The van der Waals surface area contributed by atoms with Crippen molar-refractivity contribution in [3.05, 3.63) is 96.1 Å². The van der Waals surface area contributed by atoms with Crippen molar-refractivity contribution in [2.75, 3.05) is 7.11 Å². The topological polar surface area (TPSA) is 36.9 Å². The van der Waals surface area contributed by atoms with Gasteiger partial charge in [-0.3, -0.25) is 9.05 Å². The van der Waals surface area contributed by atoms with Gasteiger partial charge in [0.2, 0.25) is 0 Å². The summed E-state index contributed by atoms with van der Waals surface area (Å²) in [4.78, 5) is 0. The van der Waals surface area contributed by atoms with E-state index in [0.717, 1.165) is 11.1 Å². The maximum atomic E-state index is 5.98. The molecule has 0 N–H and O–H groups in total. The van der Waals surface area contributed by atoms with Crippen molar-refractivity contribution in [2.45, 2.75) is 13.2 Å². The molecule has 134 valence electrons. The smallest absolute Gasteiger partial charge is 0.398 e. The molecule has 0 radical (unpaired) electrons. The second-order valence-corrected chi connectivity index (χ2v) is 6.63. The minimum absolute atomic E-state index is 0.413. The number of ether oxygens (including phenoxy) is 1. The number of hydrogen-bond acceptors (Lipinski definition) is 4. The second-order valence-electron chi connectivity index (χ2n) is 5.48. The predicted molar refractivity (Wildman–Crippen MR) is 103 cm³/mol.